The number of nitrogens with two attached hydrogens (primary N) is 1. The molecule has 4 nitrogen and oxygen atoms in total. The summed E-state index contributed by atoms with van der Waals surface area (Å²) in [5, 5.41) is 4.41. The van der Waals surface area contributed by atoms with E-state index in [1.165, 1.54) is 11.1 Å². The van der Waals surface area contributed by atoms with Crippen LogP contribution in [0.3, 0.4) is 0 Å². The van der Waals surface area contributed by atoms with E-state index in [0.717, 1.165) is 37.6 Å². The van der Waals surface area contributed by atoms with Gasteiger partial charge in [-0.3, -0.25) is 9.58 Å². The summed E-state index contributed by atoms with van der Waals surface area (Å²) in [5.41, 5.74) is 9.77. The van der Waals surface area contributed by atoms with Crippen molar-refractivity contribution in [3.05, 3.63) is 47.2 Å². The molecule has 1 aromatic carbocycles. The van der Waals surface area contributed by atoms with Crippen LogP contribution in [-0.4, -0.2) is 21.2 Å². The van der Waals surface area contributed by atoms with Crippen LogP contribution in [0.2, 0.25) is 0 Å². The fourth-order valence-corrected chi connectivity index (χ4v) is 2.54. The van der Waals surface area contributed by atoms with E-state index in [0.29, 0.717) is 0 Å². The number of nitrogen functional groups attached to an aromatic ring is 1. The second-order valence-corrected chi connectivity index (χ2v) is 4.91. The first-order valence-electron chi connectivity index (χ1n) is 6.30. The Bertz CT molecular complexity index is 539. The molecule has 1 aliphatic heterocycles. The summed E-state index contributed by atoms with van der Waals surface area (Å²) in [7, 11) is 1.88. The Kier molecular flexibility index (Phi) is 2.80. The van der Waals surface area contributed by atoms with Gasteiger partial charge >= 0.3 is 0 Å². The van der Waals surface area contributed by atoms with Crippen LogP contribution in [0.15, 0.2) is 30.3 Å². The Hall–Kier alpha value is -1.81. The first kappa shape index (κ1) is 11.3. The highest BCUT2D eigenvalue weighted by Crippen LogP contribution is 2.20. The lowest BCUT2D eigenvalue weighted by atomic mass is 10.00. The van der Waals surface area contributed by atoms with E-state index in [2.05, 4.69) is 34.3 Å². The quantitative estimate of drug-likeness (QED) is 0.869. The second kappa shape index (κ2) is 4.46. The predicted octanol–water partition coefficient (Wildman–Crippen LogP) is 1.56. The van der Waals surface area contributed by atoms with Gasteiger partial charge < -0.3 is 5.73 Å². The van der Waals surface area contributed by atoms with Crippen molar-refractivity contribution in [2.24, 2.45) is 7.05 Å². The molecule has 0 unspecified atom stereocenters. The Labute approximate surface area is 107 Å². The second-order valence-electron chi connectivity index (χ2n) is 4.91. The van der Waals surface area contributed by atoms with Crippen molar-refractivity contribution in [3.8, 4) is 0 Å². The van der Waals surface area contributed by atoms with Gasteiger partial charge in [0.2, 0.25) is 0 Å². The molecule has 2 N–H and O–H groups in total. The fourth-order valence-electron chi connectivity index (χ4n) is 2.54. The minimum atomic E-state index is 0.724. The minimum absolute atomic E-state index is 0.724. The Morgan fingerprint density at radius 3 is 2.78 bits per heavy atom. The van der Waals surface area contributed by atoms with Gasteiger partial charge in [0.1, 0.15) is 5.82 Å². The first-order valence-corrected chi connectivity index (χ1v) is 6.30. The van der Waals surface area contributed by atoms with Crippen LogP contribution in [0.25, 0.3) is 0 Å². The monoisotopic (exact) mass is 242 g/mol. The SMILES string of the molecule is Cn1nc(CN2CCc3ccccc3C2)cc1N. The summed E-state index contributed by atoms with van der Waals surface area (Å²) >= 11 is 0. The van der Waals surface area contributed by atoms with Gasteiger partial charge in [0.05, 0.1) is 5.69 Å². The van der Waals surface area contributed by atoms with E-state index < -0.39 is 0 Å². The van der Waals surface area contributed by atoms with E-state index >= 15 is 0 Å². The largest absolute Gasteiger partial charge is 0.384 e. The first-order chi connectivity index (χ1) is 8.72. The summed E-state index contributed by atoms with van der Waals surface area (Å²) in [4.78, 5) is 2.42. The van der Waals surface area contributed by atoms with Gasteiger partial charge in [-0.1, -0.05) is 24.3 Å². The van der Waals surface area contributed by atoms with Crippen LogP contribution in [-0.2, 0) is 26.6 Å². The summed E-state index contributed by atoms with van der Waals surface area (Å²) in [6, 6.07) is 10.6. The zero-order valence-electron chi connectivity index (χ0n) is 10.6. The molecule has 0 spiro atoms. The molecule has 1 aliphatic rings. The smallest absolute Gasteiger partial charge is 0.121 e. The lowest BCUT2D eigenvalue weighted by Crippen LogP contribution is -2.30. The topological polar surface area (TPSA) is 47.1 Å². The molecule has 0 fully saturated rings. The molecule has 0 amide bonds. The van der Waals surface area contributed by atoms with Crippen molar-refractivity contribution >= 4 is 5.82 Å². The molecule has 94 valence electrons. The number of hydrogen-bond acceptors (Lipinski definition) is 3. The maximum absolute atomic E-state index is 5.80. The zero-order chi connectivity index (χ0) is 12.5. The van der Waals surface area contributed by atoms with Crippen molar-refractivity contribution in [2.75, 3.05) is 12.3 Å². The number of fused-ring (bicyclic) bond motifs is 1. The Morgan fingerprint density at radius 1 is 1.28 bits per heavy atom. The van der Waals surface area contributed by atoms with E-state index in [-0.39, 0.29) is 0 Å². The normalized spacial score (nSPS) is 15.6. The molecule has 0 radical (unpaired) electrons. The minimum Gasteiger partial charge on any atom is -0.384 e. The average Bonchev–Trinajstić information content (AvgIpc) is 2.68. The van der Waals surface area contributed by atoms with Gasteiger partial charge in [-0.05, 0) is 17.5 Å². The van der Waals surface area contributed by atoms with Gasteiger partial charge in [-0.2, -0.15) is 5.10 Å². The molecular formula is C14H18N4. The molecular weight excluding hydrogens is 224 g/mol. The van der Waals surface area contributed by atoms with E-state index in [1.54, 1.807) is 4.68 Å². The number of aromatic nitrogens is 2. The van der Waals surface area contributed by atoms with Crippen LogP contribution in [0.4, 0.5) is 5.82 Å². The highest BCUT2D eigenvalue weighted by Gasteiger charge is 2.16. The molecule has 2 heterocycles. The van der Waals surface area contributed by atoms with Crippen molar-refractivity contribution in [1.82, 2.24) is 14.7 Å². The summed E-state index contributed by atoms with van der Waals surface area (Å²) < 4.78 is 1.73. The van der Waals surface area contributed by atoms with E-state index in [4.69, 9.17) is 5.73 Å². The fraction of sp³-hybridized carbons (Fsp3) is 0.357. The van der Waals surface area contributed by atoms with E-state index in [9.17, 15) is 0 Å². The van der Waals surface area contributed by atoms with Gasteiger partial charge in [-0.25, -0.2) is 0 Å². The molecule has 4 heteroatoms. The molecule has 0 bridgehead atoms. The third kappa shape index (κ3) is 2.11. The van der Waals surface area contributed by atoms with Gasteiger partial charge in [0, 0.05) is 32.7 Å². The molecule has 3 rings (SSSR count). The maximum Gasteiger partial charge on any atom is 0.121 e. The van der Waals surface area contributed by atoms with Crippen molar-refractivity contribution in [3.63, 3.8) is 0 Å². The Morgan fingerprint density at radius 2 is 2.06 bits per heavy atom. The standard InChI is InChI=1S/C14H18N4/c1-17-14(15)8-13(16-17)10-18-7-6-11-4-2-3-5-12(11)9-18/h2-5,8H,6-7,9-10,15H2,1H3. The highest BCUT2D eigenvalue weighted by atomic mass is 15.3. The van der Waals surface area contributed by atoms with Gasteiger partial charge in [0.25, 0.3) is 0 Å². The Balaban J connectivity index is 1.73. The van der Waals surface area contributed by atoms with Crippen LogP contribution >= 0.6 is 0 Å². The van der Waals surface area contributed by atoms with Crippen molar-refractivity contribution < 1.29 is 0 Å². The number of aryl methyl sites for hydroxylation is 1. The number of hydrogen-bond donors (Lipinski definition) is 1. The summed E-state index contributed by atoms with van der Waals surface area (Å²) in [5.74, 6) is 0.724. The predicted molar refractivity (Wildman–Crippen MR) is 71.9 cm³/mol. The van der Waals surface area contributed by atoms with Crippen LogP contribution in [0.5, 0.6) is 0 Å². The average molecular weight is 242 g/mol. The van der Waals surface area contributed by atoms with Gasteiger partial charge in [-0.15, -0.1) is 0 Å². The summed E-state index contributed by atoms with van der Waals surface area (Å²) in [6.07, 6.45) is 1.12. The molecule has 0 saturated heterocycles. The molecule has 18 heavy (non-hydrogen) atoms. The lowest BCUT2D eigenvalue weighted by Gasteiger charge is -2.27. The van der Waals surface area contributed by atoms with Crippen molar-refractivity contribution in [2.45, 2.75) is 19.5 Å². The zero-order valence-corrected chi connectivity index (χ0v) is 10.6. The highest BCUT2D eigenvalue weighted by molar-refractivity contribution is 5.31. The molecule has 1 aromatic heterocycles. The number of anilines is 1. The number of rotatable bonds is 2. The molecule has 0 aliphatic carbocycles. The van der Waals surface area contributed by atoms with Crippen LogP contribution in [0.1, 0.15) is 16.8 Å². The number of benzene rings is 1. The van der Waals surface area contributed by atoms with Crippen LogP contribution in [0, 0.1) is 0 Å². The van der Waals surface area contributed by atoms with Gasteiger partial charge in [0.15, 0.2) is 0 Å². The molecule has 0 atom stereocenters. The van der Waals surface area contributed by atoms with Crippen molar-refractivity contribution in [1.29, 1.82) is 0 Å². The third-order valence-corrected chi connectivity index (χ3v) is 3.56. The lowest BCUT2D eigenvalue weighted by molar-refractivity contribution is 0.242. The third-order valence-electron chi connectivity index (χ3n) is 3.56. The maximum atomic E-state index is 5.80. The molecule has 2 aromatic rings. The van der Waals surface area contributed by atoms with E-state index in [1.807, 2.05) is 13.1 Å². The molecule has 0 saturated carbocycles. The number of nitrogens with zero attached hydrogens (tertiary/aromatic N) is 3. The summed E-state index contributed by atoms with van der Waals surface area (Å²) in [6.45, 7) is 2.97. The van der Waals surface area contributed by atoms with Crippen LogP contribution < -0.4 is 5.73 Å².